The van der Waals surface area contributed by atoms with E-state index >= 15 is 0 Å². The Morgan fingerprint density at radius 1 is 1.18 bits per heavy atom. The van der Waals surface area contributed by atoms with Gasteiger partial charge in [-0.1, -0.05) is 6.92 Å². The first-order valence-corrected chi connectivity index (χ1v) is 9.90. The third kappa shape index (κ3) is 1.99. The first-order chi connectivity index (χ1) is 10.4. The molecule has 5 atom stereocenters. The van der Waals surface area contributed by atoms with Gasteiger partial charge >= 0.3 is 0 Å². The lowest BCUT2D eigenvalue weighted by Crippen LogP contribution is -2.44. The Balaban J connectivity index is 1.76. The second-order valence-corrected chi connectivity index (χ2v) is 9.29. The average Bonchev–Trinajstić information content (AvgIpc) is 2.80. The monoisotopic (exact) mass is 428 g/mol. The predicted octanol–water partition coefficient (Wildman–Crippen LogP) is 5.13. The number of rotatable bonds is 0. The van der Waals surface area contributed by atoms with Crippen molar-refractivity contribution >= 4 is 31.9 Å². The second kappa shape index (κ2) is 5.22. The van der Waals surface area contributed by atoms with Crippen LogP contribution in [0.25, 0.3) is 0 Å². The molecular formula is C18H22Br2O2. The largest absolute Gasteiger partial charge is 0.506 e. The fourth-order valence-corrected chi connectivity index (χ4v) is 6.96. The third-order valence-corrected chi connectivity index (χ3v) is 8.30. The Morgan fingerprint density at radius 3 is 2.73 bits per heavy atom. The van der Waals surface area contributed by atoms with E-state index in [1.165, 1.54) is 24.0 Å². The molecule has 0 aromatic heterocycles. The molecule has 2 fully saturated rings. The number of benzene rings is 1. The van der Waals surface area contributed by atoms with E-state index in [1.807, 2.05) is 0 Å². The Morgan fingerprint density at radius 2 is 1.95 bits per heavy atom. The Hall–Kier alpha value is -0.0600. The van der Waals surface area contributed by atoms with E-state index < -0.39 is 0 Å². The van der Waals surface area contributed by atoms with Crippen LogP contribution in [0.1, 0.15) is 56.1 Å². The third-order valence-electron chi connectivity index (χ3n) is 6.84. The molecule has 0 radical (unpaired) electrons. The predicted molar refractivity (Wildman–Crippen MR) is 94.1 cm³/mol. The van der Waals surface area contributed by atoms with Gasteiger partial charge in [-0.05, 0) is 111 Å². The highest BCUT2D eigenvalue weighted by Gasteiger charge is 2.54. The van der Waals surface area contributed by atoms with Gasteiger partial charge in [0.1, 0.15) is 5.75 Å². The number of phenols is 1. The molecule has 4 rings (SSSR count). The van der Waals surface area contributed by atoms with Crippen LogP contribution in [0, 0.1) is 17.3 Å². The summed E-state index contributed by atoms with van der Waals surface area (Å²) in [4.78, 5) is 0. The molecule has 3 aliphatic carbocycles. The number of hydrogen-bond acceptors (Lipinski definition) is 2. The lowest BCUT2D eigenvalue weighted by molar-refractivity contribution is -0.0226. The van der Waals surface area contributed by atoms with Gasteiger partial charge in [0.05, 0.1) is 15.0 Å². The molecule has 0 spiro atoms. The van der Waals surface area contributed by atoms with Crippen molar-refractivity contribution in [1.29, 1.82) is 0 Å². The minimum Gasteiger partial charge on any atom is -0.506 e. The summed E-state index contributed by atoms with van der Waals surface area (Å²) in [6.45, 7) is 2.31. The molecule has 4 heteroatoms. The Kier molecular flexibility index (Phi) is 3.67. The van der Waals surface area contributed by atoms with E-state index in [9.17, 15) is 10.2 Å². The van der Waals surface area contributed by atoms with Crippen molar-refractivity contribution < 1.29 is 10.2 Å². The quantitative estimate of drug-likeness (QED) is 0.599. The van der Waals surface area contributed by atoms with E-state index in [1.54, 1.807) is 0 Å². The van der Waals surface area contributed by atoms with E-state index in [0.29, 0.717) is 23.5 Å². The van der Waals surface area contributed by atoms with E-state index in [4.69, 9.17) is 0 Å². The summed E-state index contributed by atoms with van der Waals surface area (Å²) in [5.74, 6) is 2.25. The molecule has 0 unspecified atom stereocenters. The Labute approximate surface area is 148 Å². The fourth-order valence-electron chi connectivity index (χ4n) is 5.61. The van der Waals surface area contributed by atoms with Crippen LogP contribution < -0.4 is 0 Å². The fraction of sp³-hybridized carbons (Fsp3) is 0.667. The molecular weight excluding hydrogens is 408 g/mol. The summed E-state index contributed by atoms with van der Waals surface area (Å²) in [7, 11) is 0. The summed E-state index contributed by atoms with van der Waals surface area (Å²) in [6.07, 6.45) is 6.53. The highest BCUT2D eigenvalue weighted by Crippen LogP contribution is 2.61. The van der Waals surface area contributed by atoms with Crippen LogP contribution in [0.3, 0.4) is 0 Å². The van der Waals surface area contributed by atoms with Crippen molar-refractivity contribution in [3.63, 3.8) is 0 Å². The zero-order valence-corrected chi connectivity index (χ0v) is 16.0. The summed E-state index contributed by atoms with van der Waals surface area (Å²) in [5.41, 5.74) is 2.84. The van der Waals surface area contributed by atoms with Gasteiger partial charge < -0.3 is 10.2 Å². The van der Waals surface area contributed by atoms with Crippen LogP contribution >= 0.6 is 31.9 Å². The van der Waals surface area contributed by atoms with Crippen molar-refractivity contribution in [3.8, 4) is 5.75 Å². The SMILES string of the molecule is C[C@]12CC[C@H]3c4cc(Br)c(O)c(Br)c4CC[C@@H]3[C@@H]1CC[C@@H]2O. The van der Waals surface area contributed by atoms with Gasteiger partial charge in [-0.2, -0.15) is 0 Å². The van der Waals surface area contributed by atoms with Crippen LogP contribution in [0.2, 0.25) is 0 Å². The van der Waals surface area contributed by atoms with Gasteiger partial charge in [0.25, 0.3) is 0 Å². The Bertz CT molecular complexity index is 630. The van der Waals surface area contributed by atoms with Gasteiger partial charge in [0, 0.05) is 0 Å². The molecule has 1 aromatic carbocycles. The maximum atomic E-state index is 10.4. The van der Waals surface area contributed by atoms with Crippen molar-refractivity contribution in [2.75, 3.05) is 0 Å². The smallest absolute Gasteiger partial charge is 0.144 e. The summed E-state index contributed by atoms with van der Waals surface area (Å²) < 4.78 is 1.66. The lowest BCUT2D eigenvalue weighted by Gasteiger charge is -2.50. The van der Waals surface area contributed by atoms with Crippen LogP contribution in [-0.4, -0.2) is 16.3 Å². The molecule has 2 N–H and O–H groups in total. The zero-order chi connectivity index (χ0) is 15.6. The molecule has 0 bridgehead atoms. The molecule has 1 aromatic rings. The standard InChI is InChI=1S/C18H22Br2O2/c1-18-7-6-9-10(13(18)4-5-15(18)21)2-3-11-12(9)8-14(19)17(22)16(11)20/h8-10,13,15,21-22H,2-7H2,1H3/t9-,10+,13+,15+,18+/m1/s1. The molecule has 2 nitrogen and oxygen atoms in total. The number of fused-ring (bicyclic) bond motifs is 5. The van der Waals surface area contributed by atoms with Gasteiger partial charge in [-0.3, -0.25) is 0 Å². The second-order valence-electron chi connectivity index (χ2n) is 7.64. The maximum absolute atomic E-state index is 10.4. The number of aliphatic hydroxyl groups is 1. The lowest BCUT2D eigenvalue weighted by atomic mass is 9.55. The highest BCUT2D eigenvalue weighted by molar-refractivity contribution is 9.11. The molecule has 2 saturated carbocycles. The van der Waals surface area contributed by atoms with Crippen molar-refractivity contribution in [3.05, 3.63) is 26.1 Å². The van der Waals surface area contributed by atoms with Crippen molar-refractivity contribution in [1.82, 2.24) is 0 Å². The zero-order valence-electron chi connectivity index (χ0n) is 12.8. The normalized spacial score (nSPS) is 40.0. The van der Waals surface area contributed by atoms with Crippen molar-refractivity contribution in [2.24, 2.45) is 17.3 Å². The number of aromatic hydroxyl groups is 1. The molecule has 0 amide bonds. The number of hydrogen-bond donors (Lipinski definition) is 2. The van der Waals surface area contributed by atoms with E-state index in [2.05, 4.69) is 44.8 Å². The van der Waals surface area contributed by atoms with Crippen molar-refractivity contribution in [2.45, 2.75) is 57.5 Å². The van der Waals surface area contributed by atoms with E-state index in [0.717, 1.165) is 34.6 Å². The van der Waals surface area contributed by atoms with E-state index in [-0.39, 0.29) is 11.5 Å². The number of halogens is 2. The van der Waals surface area contributed by atoms with Gasteiger partial charge in [0.2, 0.25) is 0 Å². The molecule has 3 aliphatic rings. The maximum Gasteiger partial charge on any atom is 0.144 e. The molecule has 22 heavy (non-hydrogen) atoms. The van der Waals surface area contributed by atoms with Crippen LogP contribution in [0.15, 0.2) is 15.0 Å². The average molecular weight is 430 g/mol. The molecule has 0 aliphatic heterocycles. The first-order valence-electron chi connectivity index (χ1n) is 8.31. The number of phenolic OH excluding ortho intramolecular Hbond substituents is 1. The van der Waals surface area contributed by atoms with Gasteiger partial charge in [0.15, 0.2) is 0 Å². The van der Waals surface area contributed by atoms with Crippen LogP contribution in [0.5, 0.6) is 5.75 Å². The van der Waals surface area contributed by atoms with Gasteiger partial charge in [-0.25, -0.2) is 0 Å². The molecule has 0 saturated heterocycles. The topological polar surface area (TPSA) is 40.5 Å². The van der Waals surface area contributed by atoms with Gasteiger partial charge in [-0.15, -0.1) is 0 Å². The highest BCUT2D eigenvalue weighted by atomic mass is 79.9. The minimum absolute atomic E-state index is 0.113. The first kappa shape index (κ1) is 15.5. The summed E-state index contributed by atoms with van der Waals surface area (Å²) >= 11 is 7.09. The summed E-state index contributed by atoms with van der Waals surface area (Å²) in [6, 6.07) is 2.14. The molecule has 120 valence electrons. The van der Waals surface area contributed by atoms with Crippen LogP contribution in [0.4, 0.5) is 0 Å². The number of aliphatic hydroxyl groups excluding tert-OH is 1. The molecule has 0 heterocycles. The summed E-state index contributed by atoms with van der Waals surface area (Å²) in [5, 5.41) is 20.6. The minimum atomic E-state index is -0.113. The van der Waals surface area contributed by atoms with Crippen LogP contribution in [-0.2, 0) is 6.42 Å².